The molecule has 1 aromatic carbocycles. The third-order valence-corrected chi connectivity index (χ3v) is 3.88. The molecule has 2 N–H and O–H groups in total. The molecule has 24 heavy (non-hydrogen) atoms. The number of benzene rings is 1. The molecule has 1 amide bonds. The molecule has 0 atom stereocenters. The number of hydrogen-bond acceptors (Lipinski definition) is 6. The minimum atomic E-state index is -0.472. The number of hydrogen-bond donors (Lipinski definition) is 2. The minimum absolute atomic E-state index is 0.153. The zero-order chi connectivity index (χ0) is 17.0. The first-order valence-corrected chi connectivity index (χ1v) is 7.70. The van der Waals surface area contributed by atoms with Crippen molar-refractivity contribution in [3.05, 3.63) is 23.2 Å². The van der Waals surface area contributed by atoms with Crippen LogP contribution < -0.4 is 5.32 Å². The van der Waals surface area contributed by atoms with Gasteiger partial charge in [-0.05, 0) is 23.4 Å². The number of tetrazole rings is 1. The third-order valence-electron chi connectivity index (χ3n) is 3.65. The Morgan fingerprint density at radius 2 is 2.21 bits per heavy atom. The van der Waals surface area contributed by atoms with Crippen LogP contribution in [0.2, 0.25) is 5.02 Å². The first kappa shape index (κ1) is 16.1. The van der Waals surface area contributed by atoms with E-state index in [1.54, 1.807) is 18.2 Å². The van der Waals surface area contributed by atoms with E-state index in [1.165, 1.54) is 0 Å². The summed E-state index contributed by atoms with van der Waals surface area (Å²) in [6.07, 6.45) is 7.33. The molecule has 0 saturated carbocycles. The van der Waals surface area contributed by atoms with Gasteiger partial charge in [0.05, 0.1) is 5.69 Å². The fourth-order valence-corrected chi connectivity index (χ4v) is 2.45. The molecule has 2 aromatic rings. The average molecular weight is 344 g/mol. The van der Waals surface area contributed by atoms with Crippen LogP contribution in [0.1, 0.15) is 25.7 Å². The molecule has 0 radical (unpaired) electrons. The van der Waals surface area contributed by atoms with Crippen molar-refractivity contribution >= 4 is 23.2 Å². The lowest BCUT2D eigenvalue weighted by molar-refractivity contribution is -0.116. The van der Waals surface area contributed by atoms with E-state index in [4.69, 9.17) is 18.0 Å². The lowest BCUT2D eigenvalue weighted by Gasteiger charge is -2.11. The Morgan fingerprint density at radius 3 is 2.88 bits per heavy atom. The van der Waals surface area contributed by atoms with Crippen LogP contribution >= 0.6 is 11.6 Å². The van der Waals surface area contributed by atoms with Gasteiger partial charge in [-0.3, -0.25) is 4.79 Å². The van der Waals surface area contributed by atoms with Gasteiger partial charge in [0.15, 0.2) is 5.66 Å². The molecule has 0 aliphatic carbocycles. The van der Waals surface area contributed by atoms with Crippen LogP contribution in [0, 0.1) is 12.3 Å². The molecule has 1 aliphatic heterocycles. The number of carbonyl (C=O) groups excluding carboxylic acids is 1. The quantitative estimate of drug-likeness (QED) is 0.753. The van der Waals surface area contributed by atoms with E-state index in [9.17, 15) is 4.79 Å². The van der Waals surface area contributed by atoms with Gasteiger partial charge in [0.2, 0.25) is 11.7 Å². The van der Waals surface area contributed by atoms with Gasteiger partial charge in [-0.25, -0.2) is 0 Å². The Labute approximate surface area is 143 Å². The maximum Gasteiger partial charge on any atom is 0.224 e. The van der Waals surface area contributed by atoms with Gasteiger partial charge in [0.25, 0.3) is 0 Å². The Kier molecular flexibility index (Phi) is 4.53. The van der Waals surface area contributed by atoms with Crippen molar-refractivity contribution in [1.82, 2.24) is 20.6 Å². The second-order valence-corrected chi connectivity index (χ2v) is 5.80. The zero-order valence-electron chi connectivity index (χ0n) is 12.7. The summed E-state index contributed by atoms with van der Waals surface area (Å²) in [4.78, 5) is 12.2. The molecule has 3 rings (SSSR count). The molecule has 122 valence electrons. The number of aromatic amines is 1. The number of aromatic nitrogens is 4. The number of H-pyrrole nitrogens is 1. The molecular weight excluding hydrogens is 330 g/mol. The number of nitrogens with one attached hydrogen (secondary N) is 2. The van der Waals surface area contributed by atoms with Crippen molar-refractivity contribution in [3.8, 4) is 23.7 Å². The second kappa shape index (κ2) is 6.76. The van der Waals surface area contributed by atoms with Gasteiger partial charge in [-0.15, -0.1) is 22.5 Å². The first-order valence-electron chi connectivity index (χ1n) is 7.33. The van der Waals surface area contributed by atoms with E-state index in [0.717, 1.165) is 0 Å². The van der Waals surface area contributed by atoms with Crippen LogP contribution in [0.25, 0.3) is 11.4 Å². The number of carbonyl (C=O) groups is 1. The second-order valence-electron chi connectivity index (χ2n) is 5.36. The fourth-order valence-electron chi connectivity index (χ4n) is 2.28. The summed E-state index contributed by atoms with van der Waals surface area (Å²) >= 11 is 6.01. The molecule has 0 bridgehead atoms. The number of terminal acetylenes is 1. The Hall–Kier alpha value is -2.79. The van der Waals surface area contributed by atoms with Crippen molar-refractivity contribution in [3.63, 3.8) is 0 Å². The Morgan fingerprint density at radius 1 is 1.38 bits per heavy atom. The van der Waals surface area contributed by atoms with Crippen molar-refractivity contribution in [2.24, 2.45) is 10.2 Å². The monoisotopic (exact) mass is 343 g/mol. The zero-order valence-corrected chi connectivity index (χ0v) is 13.4. The molecule has 1 aromatic heterocycles. The summed E-state index contributed by atoms with van der Waals surface area (Å²) in [5.41, 5.74) is 0.681. The summed E-state index contributed by atoms with van der Waals surface area (Å²) in [5, 5.41) is 25.1. The first-order chi connectivity index (χ1) is 11.6. The van der Waals surface area contributed by atoms with Crippen molar-refractivity contribution in [2.75, 3.05) is 5.32 Å². The summed E-state index contributed by atoms with van der Waals surface area (Å²) < 4.78 is 0. The van der Waals surface area contributed by atoms with Gasteiger partial charge in [0, 0.05) is 36.3 Å². The molecular formula is C15H14ClN7O. The van der Waals surface area contributed by atoms with Gasteiger partial charge in [-0.2, -0.15) is 15.4 Å². The number of halogens is 1. The Bertz CT molecular complexity index is 804. The number of rotatable bonds is 7. The third kappa shape index (κ3) is 3.75. The molecule has 1 aliphatic rings. The maximum atomic E-state index is 12.2. The number of anilines is 1. The van der Waals surface area contributed by atoms with Crippen LogP contribution in [0.3, 0.4) is 0 Å². The summed E-state index contributed by atoms with van der Waals surface area (Å²) in [6.45, 7) is 0. The van der Waals surface area contributed by atoms with E-state index in [-0.39, 0.29) is 12.3 Å². The van der Waals surface area contributed by atoms with E-state index in [1.807, 2.05) is 0 Å². The molecule has 9 heteroatoms. The predicted octanol–water partition coefficient (Wildman–Crippen LogP) is 2.81. The van der Waals surface area contributed by atoms with E-state index >= 15 is 0 Å². The molecule has 0 fully saturated rings. The van der Waals surface area contributed by atoms with Crippen LogP contribution in [0.15, 0.2) is 28.4 Å². The van der Waals surface area contributed by atoms with Gasteiger partial charge in [-0.1, -0.05) is 11.6 Å². The van der Waals surface area contributed by atoms with Crippen molar-refractivity contribution < 1.29 is 4.79 Å². The van der Waals surface area contributed by atoms with E-state index < -0.39 is 5.66 Å². The van der Waals surface area contributed by atoms with Crippen LogP contribution in [-0.4, -0.2) is 32.2 Å². The Balaban J connectivity index is 1.64. The van der Waals surface area contributed by atoms with Gasteiger partial charge in [0.1, 0.15) is 0 Å². The molecule has 8 nitrogen and oxygen atoms in total. The normalized spacial score (nSPS) is 14.2. The average Bonchev–Trinajstić information content (AvgIpc) is 3.13. The highest BCUT2D eigenvalue weighted by Crippen LogP contribution is 2.37. The van der Waals surface area contributed by atoms with Crippen LogP contribution in [0.4, 0.5) is 5.69 Å². The number of nitrogens with zero attached hydrogens (tertiary/aromatic N) is 5. The van der Waals surface area contributed by atoms with E-state index in [0.29, 0.717) is 41.4 Å². The van der Waals surface area contributed by atoms with E-state index in [2.05, 4.69) is 42.1 Å². The number of amides is 1. The maximum absolute atomic E-state index is 12.2. The molecule has 0 unspecified atom stereocenters. The summed E-state index contributed by atoms with van der Waals surface area (Å²) in [7, 11) is 0. The lowest BCUT2D eigenvalue weighted by atomic mass is 10.0. The minimum Gasteiger partial charge on any atom is -0.325 e. The van der Waals surface area contributed by atoms with Crippen molar-refractivity contribution in [1.29, 1.82) is 0 Å². The lowest BCUT2D eigenvalue weighted by Crippen LogP contribution is -2.18. The van der Waals surface area contributed by atoms with Crippen molar-refractivity contribution in [2.45, 2.75) is 31.3 Å². The summed E-state index contributed by atoms with van der Waals surface area (Å²) in [6, 6.07) is 5.05. The molecule has 0 saturated heterocycles. The van der Waals surface area contributed by atoms with Crippen LogP contribution in [0.5, 0.6) is 0 Å². The fraction of sp³-hybridized carbons (Fsp3) is 0.333. The molecule has 0 spiro atoms. The summed E-state index contributed by atoms with van der Waals surface area (Å²) in [5.74, 6) is 2.76. The van der Waals surface area contributed by atoms with Gasteiger partial charge >= 0.3 is 0 Å². The standard InChI is InChI=1S/C15H14ClN7O/c1-2-3-7-15(20-21-15)8-6-13(24)17-12-5-4-10(16)9-11(12)14-18-22-23-19-14/h1,4-5,9H,3,6-8H2,(H,17,24)(H,18,19,22,23). The molecule has 2 heterocycles. The predicted molar refractivity (Wildman–Crippen MR) is 88.1 cm³/mol. The van der Waals surface area contributed by atoms with Crippen LogP contribution in [-0.2, 0) is 4.79 Å². The SMILES string of the molecule is C#CCCC1(CCC(=O)Nc2ccc(Cl)cc2-c2nn[nH]n2)N=N1. The highest BCUT2D eigenvalue weighted by molar-refractivity contribution is 6.31. The topological polar surface area (TPSA) is 108 Å². The largest absolute Gasteiger partial charge is 0.325 e. The van der Waals surface area contributed by atoms with Gasteiger partial charge < -0.3 is 5.32 Å². The smallest absolute Gasteiger partial charge is 0.224 e. The highest BCUT2D eigenvalue weighted by atomic mass is 35.5. The highest BCUT2D eigenvalue weighted by Gasteiger charge is 2.39.